The highest BCUT2D eigenvalue weighted by molar-refractivity contribution is 5.92. The third kappa shape index (κ3) is 6.31. The smallest absolute Gasteiger partial charge is 0.257 e. The minimum atomic E-state index is -0.196. The number of amides is 2. The van der Waals surface area contributed by atoms with Gasteiger partial charge in [-0.05, 0) is 55.3 Å². The number of likely N-dealkylation sites (tertiary alicyclic amines) is 1. The number of hydrogen-bond donors (Lipinski definition) is 4. The van der Waals surface area contributed by atoms with E-state index in [9.17, 15) is 9.59 Å². The zero-order chi connectivity index (χ0) is 25.5. The van der Waals surface area contributed by atoms with Crippen molar-refractivity contribution in [2.45, 2.75) is 19.3 Å². The second kappa shape index (κ2) is 11.4. The van der Waals surface area contributed by atoms with Crippen LogP contribution in [0, 0.1) is 0 Å². The number of nitrogens with zero attached hydrogens (tertiary/aromatic N) is 4. The van der Waals surface area contributed by atoms with Crippen molar-refractivity contribution in [1.82, 2.24) is 30.4 Å². The second-order valence-corrected chi connectivity index (χ2v) is 8.65. The number of nitrogens with one attached hydrogen (secondary N) is 4. The summed E-state index contributed by atoms with van der Waals surface area (Å²) in [5.74, 6) is 1.66. The van der Waals surface area contributed by atoms with Crippen LogP contribution in [-0.2, 0) is 9.59 Å². The van der Waals surface area contributed by atoms with Crippen LogP contribution in [0.15, 0.2) is 60.9 Å². The fourth-order valence-electron chi connectivity index (χ4n) is 4.11. The normalized spacial score (nSPS) is 13.1. The molecule has 0 aliphatic carbocycles. The lowest BCUT2D eigenvalue weighted by Crippen LogP contribution is -2.33. The summed E-state index contributed by atoms with van der Waals surface area (Å²) < 4.78 is 5.58. The van der Waals surface area contributed by atoms with Gasteiger partial charge in [0.05, 0.1) is 17.4 Å². The van der Waals surface area contributed by atoms with E-state index >= 15 is 0 Å². The summed E-state index contributed by atoms with van der Waals surface area (Å²) in [6, 6.07) is 14.9. The molecular weight excluding hydrogens is 472 g/mol. The molecule has 5 rings (SSSR count). The Balaban J connectivity index is 1.07. The lowest BCUT2D eigenvalue weighted by molar-refractivity contribution is -0.127. The topological polar surface area (TPSA) is 137 Å². The number of carbonyl (C=O) groups excluding carboxylic acids is 2. The van der Waals surface area contributed by atoms with E-state index in [-0.39, 0.29) is 18.4 Å². The molecule has 2 aromatic heterocycles. The maximum absolute atomic E-state index is 12.0. The van der Waals surface area contributed by atoms with Gasteiger partial charge in [0, 0.05) is 43.3 Å². The van der Waals surface area contributed by atoms with Crippen LogP contribution in [0.2, 0.25) is 0 Å². The van der Waals surface area contributed by atoms with Crippen LogP contribution in [-0.4, -0.2) is 63.1 Å². The number of carbonyl (C=O) groups is 2. The van der Waals surface area contributed by atoms with Crippen molar-refractivity contribution in [2.75, 3.05) is 36.9 Å². The van der Waals surface area contributed by atoms with Gasteiger partial charge in [-0.15, -0.1) is 0 Å². The Labute approximate surface area is 213 Å². The molecule has 1 aliphatic rings. The largest absolute Gasteiger partial charge is 0.484 e. The molecule has 11 heteroatoms. The van der Waals surface area contributed by atoms with E-state index in [4.69, 9.17) is 4.74 Å². The molecule has 4 aromatic rings. The number of rotatable bonds is 11. The molecule has 0 bridgehead atoms. The molecular formula is C26H28N8O3. The first-order valence-corrected chi connectivity index (χ1v) is 12.2. The van der Waals surface area contributed by atoms with E-state index < -0.39 is 0 Å². The van der Waals surface area contributed by atoms with Crippen LogP contribution in [0.5, 0.6) is 5.75 Å². The van der Waals surface area contributed by atoms with Crippen molar-refractivity contribution in [1.29, 1.82) is 0 Å². The van der Waals surface area contributed by atoms with Crippen LogP contribution < -0.4 is 20.7 Å². The monoisotopic (exact) mass is 500 g/mol. The molecule has 1 saturated heterocycles. The first-order valence-electron chi connectivity index (χ1n) is 12.2. The summed E-state index contributed by atoms with van der Waals surface area (Å²) in [4.78, 5) is 34.3. The summed E-state index contributed by atoms with van der Waals surface area (Å²) in [6.45, 7) is 1.94. The van der Waals surface area contributed by atoms with E-state index in [1.54, 1.807) is 30.6 Å². The Kier molecular flexibility index (Phi) is 7.39. The van der Waals surface area contributed by atoms with Crippen LogP contribution in [0.4, 0.5) is 23.1 Å². The number of fused-ring (bicyclic) bond motifs is 1. The van der Waals surface area contributed by atoms with Gasteiger partial charge in [-0.2, -0.15) is 10.1 Å². The average Bonchev–Trinajstić information content (AvgIpc) is 3.56. The fourth-order valence-corrected chi connectivity index (χ4v) is 4.11. The summed E-state index contributed by atoms with van der Waals surface area (Å²) in [5, 5.41) is 17.3. The van der Waals surface area contributed by atoms with Gasteiger partial charge >= 0.3 is 0 Å². The number of H-pyrrole nitrogens is 1. The fraction of sp³-hybridized carbons (Fsp3) is 0.269. The highest BCUT2D eigenvalue weighted by atomic mass is 16.5. The van der Waals surface area contributed by atoms with Crippen LogP contribution in [0.1, 0.15) is 19.3 Å². The van der Waals surface area contributed by atoms with Gasteiger partial charge in [0.15, 0.2) is 6.61 Å². The van der Waals surface area contributed by atoms with Gasteiger partial charge in [0.1, 0.15) is 11.6 Å². The maximum Gasteiger partial charge on any atom is 0.257 e. The van der Waals surface area contributed by atoms with Gasteiger partial charge in [-0.3, -0.25) is 14.7 Å². The molecule has 0 spiro atoms. The average molecular weight is 501 g/mol. The number of aromatic amines is 1. The predicted octanol–water partition coefficient (Wildman–Crippen LogP) is 3.35. The number of aromatic nitrogens is 4. The molecule has 37 heavy (non-hydrogen) atoms. The number of anilines is 4. The van der Waals surface area contributed by atoms with E-state index in [1.807, 2.05) is 35.2 Å². The summed E-state index contributed by atoms with van der Waals surface area (Å²) in [5.41, 5.74) is 2.61. The Hall–Kier alpha value is -4.67. The zero-order valence-corrected chi connectivity index (χ0v) is 20.2. The van der Waals surface area contributed by atoms with Crippen molar-refractivity contribution in [3.05, 3.63) is 60.9 Å². The maximum atomic E-state index is 12.0. The minimum absolute atomic E-state index is 0.0737. The van der Waals surface area contributed by atoms with Gasteiger partial charge in [-0.1, -0.05) is 6.07 Å². The molecule has 0 saturated carbocycles. The Morgan fingerprint density at radius 1 is 1.11 bits per heavy atom. The van der Waals surface area contributed by atoms with Crippen molar-refractivity contribution < 1.29 is 14.3 Å². The van der Waals surface area contributed by atoms with Crippen LogP contribution >= 0.6 is 0 Å². The molecule has 2 amide bonds. The van der Waals surface area contributed by atoms with Gasteiger partial charge < -0.3 is 25.6 Å². The minimum Gasteiger partial charge on any atom is -0.484 e. The van der Waals surface area contributed by atoms with E-state index in [1.165, 1.54) is 0 Å². The number of benzene rings is 2. The molecule has 11 nitrogen and oxygen atoms in total. The summed E-state index contributed by atoms with van der Waals surface area (Å²) in [6.07, 6.45) is 5.73. The molecule has 4 N–H and O–H groups in total. The number of hydrogen-bond acceptors (Lipinski definition) is 8. The van der Waals surface area contributed by atoms with E-state index in [0.29, 0.717) is 37.0 Å². The van der Waals surface area contributed by atoms with E-state index in [2.05, 4.69) is 36.1 Å². The van der Waals surface area contributed by atoms with Crippen molar-refractivity contribution >= 4 is 45.9 Å². The summed E-state index contributed by atoms with van der Waals surface area (Å²) in [7, 11) is 0. The Morgan fingerprint density at radius 2 is 2.00 bits per heavy atom. The van der Waals surface area contributed by atoms with Crippen LogP contribution in [0.25, 0.3) is 10.9 Å². The second-order valence-electron chi connectivity index (χ2n) is 8.65. The lowest BCUT2D eigenvalue weighted by atomic mass is 10.2. The van der Waals surface area contributed by atoms with Crippen molar-refractivity contribution in [3.63, 3.8) is 0 Å². The zero-order valence-electron chi connectivity index (χ0n) is 20.2. The molecule has 3 heterocycles. The molecule has 1 fully saturated rings. The lowest BCUT2D eigenvalue weighted by Gasteiger charge is -2.15. The van der Waals surface area contributed by atoms with Crippen LogP contribution in [0.3, 0.4) is 0 Å². The van der Waals surface area contributed by atoms with E-state index in [0.717, 1.165) is 41.7 Å². The SMILES string of the molecule is O=C(COc1ccc(Nc2nccc(Nc3cccc4[nH]ncc34)n2)cc1)NCCCN1CCCC1=O. The van der Waals surface area contributed by atoms with Gasteiger partial charge in [0.2, 0.25) is 11.9 Å². The molecule has 2 aromatic carbocycles. The Morgan fingerprint density at radius 3 is 2.84 bits per heavy atom. The number of ether oxygens (including phenoxy) is 1. The van der Waals surface area contributed by atoms with Gasteiger partial charge in [0.25, 0.3) is 5.91 Å². The molecule has 0 unspecified atom stereocenters. The third-order valence-corrected chi connectivity index (χ3v) is 5.98. The van der Waals surface area contributed by atoms with Gasteiger partial charge in [-0.25, -0.2) is 4.98 Å². The molecule has 1 aliphatic heterocycles. The molecule has 0 radical (unpaired) electrons. The highest BCUT2D eigenvalue weighted by Gasteiger charge is 2.19. The standard InChI is InChI=1S/C26H28N8O3/c35-24(27-12-3-15-34-14-2-6-25(34)36)17-37-19-9-7-18(8-10-19)30-26-28-13-11-23(32-26)31-21-4-1-5-22-20(21)16-29-33-22/h1,4-5,7-11,13,16H,2-3,6,12,14-15,17H2,(H,27,35)(H,29,33)(H2,28,30,31,32). The molecule has 0 atom stereocenters. The predicted molar refractivity (Wildman–Crippen MR) is 140 cm³/mol. The third-order valence-electron chi connectivity index (χ3n) is 5.98. The highest BCUT2D eigenvalue weighted by Crippen LogP contribution is 2.25. The first-order chi connectivity index (χ1) is 18.1. The van der Waals surface area contributed by atoms with Crippen molar-refractivity contribution in [2.24, 2.45) is 0 Å². The first kappa shape index (κ1) is 24.0. The Bertz CT molecular complexity index is 1370. The van der Waals surface area contributed by atoms with Crippen molar-refractivity contribution in [3.8, 4) is 5.75 Å². The quantitative estimate of drug-likeness (QED) is 0.230. The summed E-state index contributed by atoms with van der Waals surface area (Å²) >= 11 is 0. The molecule has 190 valence electrons.